The van der Waals surface area contributed by atoms with Crippen molar-refractivity contribution in [2.45, 2.75) is 0 Å². The first kappa shape index (κ1) is 9.52. The van der Waals surface area contributed by atoms with Crippen LogP contribution in [-0.2, 0) is 0 Å². The van der Waals surface area contributed by atoms with Crippen LogP contribution in [0.1, 0.15) is 0 Å². The standard InChI is InChI=1S/C10H7N5O2/c11-9-8-10(13-5-12-9)15(17)7-4-2-1-3-6(7)14(8)16/h1-5H,(H2,11,12,13). The fraction of sp³-hybridized carbons (Fsp3) is 0. The van der Waals surface area contributed by atoms with E-state index in [-0.39, 0.29) is 28.0 Å². The van der Waals surface area contributed by atoms with Crippen LogP contribution < -0.4 is 15.2 Å². The van der Waals surface area contributed by atoms with Crippen LogP contribution in [-0.4, -0.2) is 9.97 Å². The Bertz CT molecular complexity index is 743. The minimum atomic E-state index is -0.0359. The Morgan fingerprint density at radius 3 is 2.35 bits per heavy atom. The van der Waals surface area contributed by atoms with Gasteiger partial charge in [0.25, 0.3) is 5.52 Å². The lowest BCUT2D eigenvalue weighted by molar-refractivity contribution is -0.592. The Morgan fingerprint density at radius 1 is 1.00 bits per heavy atom. The zero-order valence-corrected chi connectivity index (χ0v) is 8.57. The second kappa shape index (κ2) is 3.14. The smallest absolute Gasteiger partial charge is 0.406 e. The number of aromatic nitrogens is 4. The molecule has 0 aliphatic carbocycles. The predicted molar refractivity (Wildman–Crippen MR) is 59.4 cm³/mol. The highest BCUT2D eigenvalue weighted by Gasteiger charge is 2.23. The minimum absolute atomic E-state index is 0.0128. The van der Waals surface area contributed by atoms with E-state index in [1.54, 1.807) is 24.3 Å². The molecule has 0 aliphatic rings. The van der Waals surface area contributed by atoms with Gasteiger partial charge in [0.15, 0.2) is 0 Å². The van der Waals surface area contributed by atoms with Gasteiger partial charge in [0.2, 0.25) is 17.7 Å². The topological polar surface area (TPSA) is 106 Å². The third kappa shape index (κ3) is 1.16. The zero-order valence-electron chi connectivity index (χ0n) is 8.57. The van der Waals surface area contributed by atoms with Gasteiger partial charge in [-0.2, -0.15) is 9.71 Å². The number of nitrogens with two attached hydrogens (primary N) is 1. The van der Waals surface area contributed by atoms with Gasteiger partial charge >= 0.3 is 11.2 Å². The third-order valence-corrected chi connectivity index (χ3v) is 2.55. The van der Waals surface area contributed by atoms with E-state index >= 15 is 0 Å². The van der Waals surface area contributed by atoms with Gasteiger partial charge in [0.05, 0.1) is 0 Å². The highest BCUT2D eigenvalue weighted by Crippen LogP contribution is 2.13. The molecule has 7 heteroatoms. The van der Waals surface area contributed by atoms with E-state index in [2.05, 4.69) is 9.97 Å². The van der Waals surface area contributed by atoms with Crippen molar-refractivity contribution in [1.29, 1.82) is 0 Å². The van der Waals surface area contributed by atoms with Gasteiger partial charge in [-0.25, -0.2) is 4.73 Å². The maximum atomic E-state index is 12.1. The van der Waals surface area contributed by atoms with E-state index in [0.717, 1.165) is 6.33 Å². The summed E-state index contributed by atoms with van der Waals surface area (Å²) in [6.07, 6.45) is 1.15. The molecule has 0 unspecified atom stereocenters. The lowest BCUT2D eigenvalue weighted by atomic mass is 10.3. The van der Waals surface area contributed by atoms with Crippen LogP contribution in [0.4, 0.5) is 5.82 Å². The Balaban J connectivity index is 2.69. The van der Waals surface area contributed by atoms with E-state index in [0.29, 0.717) is 9.46 Å². The van der Waals surface area contributed by atoms with Crippen molar-refractivity contribution in [3.05, 3.63) is 41.0 Å². The second-order valence-electron chi connectivity index (χ2n) is 3.51. The fourth-order valence-electron chi connectivity index (χ4n) is 1.77. The van der Waals surface area contributed by atoms with E-state index < -0.39 is 0 Å². The number of benzene rings is 1. The Hall–Kier alpha value is -2.70. The molecule has 0 amide bonds. The summed E-state index contributed by atoms with van der Waals surface area (Å²) in [7, 11) is 0. The second-order valence-corrected chi connectivity index (χ2v) is 3.51. The third-order valence-electron chi connectivity index (χ3n) is 2.55. The molecule has 0 aliphatic heterocycles. The monoisotopic (exact) mass is 229 g/mol. The van der Waals surface area contributed by atoms with Crippen molar-refractivity contribution >= 4 is 28.0 Å². The number of para-hydroxylation sites is 2. The number of hydrogen-bond donors (Lipinski definition) is 1. The molecule has 1 aromatic carbocycles. The molecule has 0 atom stereocenters. The molecule has 2 N–H and O–H groups in total. The van der Waals surface area contributed by atoms with Gasteiger partial charge in [-0.1, -0.05) is 12.1 Å². The first-order valence-corrected chi connectivity index (χ1v) is 4.84. The summed E-state index contributed by atoms with van der Waals surface area (Å²) in [5, 5.41) is 24.1. The first-order valence-electron chi connectivity index (χ1n) is 4.84. The molecule has 7 nitrogen and oxygen atoms in total. The van der Waals surface area contributed by atoms with E-state index in [9.17, 15) is 10.4 Å². The molecule has 0 spiro atoms. The summed E-state index contributed by atoms with van der Waals surface area (Å²) >= 11 is 0. The first-order chi connectivity index (χ1) is 8.20. The Kier molecular flexibility index (Phi) is 1.76. The fourth-order valence-corrected chi connectivity index (χ4v) is 1.77. The molecule has 84 valence electrons. The molecule has 0 saturated heterocycles. The van der Waals surface area contributed by atoms with Gasteiger partial charge in [-0.15, -0.1) is 0 Å². The van der Waals surface area contributed by atoms with Crippen LogP contribution in [0.2, 0.25) is 0 Å². The van der Waals surface area contributed by atoms with Crippen molar-refractivity contribution in [2.75, 3.05) is 5.73 Å². The highest BCUT2D eigenvalue weighted by atomic mass is 16.5. The number of fused-ring (bicyclic) bond motifs is 2. The predicted octanol–water partition coefficient (Wildman–Crippen LogP) is -0.368. The summed E-state index contributed by atoms with van der Waals surface area (Å²) in [5.41, 5.74) is 6.02. The summed E-state index contributed by atoms with van der Waals surface area (Å²) < 4.78 is 1.16. The number of rotatable bonds is 0. The minimum Gasteiger partial charge on any atom is -0.710 e. The van der Waals surface area contributed by atoms with Crippen molar-refractivity contribution in [2.24, 2.45) is 0 Å². The molecule has 0 radical (unpaired) electrons. The molecule has 0 saturated carbocycles. The van der Waals surface area contributed by atoms with E-state index in [4.69, 9.17) is 5.73 Å². The van der Waals surface area contributed by atoms with Gasteiger partial charge in [0, 0.05) is 6.07 Å². The zero-order chi connectivity index (χ0) is 12.0. The summed E-state index contributed by atoms with van der Waals surface area (Å²) in [6, 6.07) is 6.44. The molecule has 0 fully saturated rings. The normalized spacial score (nSPS) is 11.1. The Labute approximate surface area is 94.9 Å². The average molecular weight is 229 g/mol. The summed E-state index contributed by atoms with van der Waals surface area (Å²) in [4.78, 5) is 7.50. The van der Waals surface area contributed by atoms with Crippen molar-refractivity contribution in [3.8, 4) is 0 Å². The maximum Gasteiger partial charge on any atom is 0.406 e. The largest absolute Gasteiger partial charge is 0.710 e. The lowest BCUT2D eigenvalue weighted by Crippen LogP contribution is -2.40. The number of anilines is 1. The van der Waals surface area contributed by atoms with Crippen LogP contribution in [0.3, 0.4) is 0 Å². The van der Waals surface area contributed by atoms with Gasteiger partial charge in [0.1, 0.15) is 0 Å². The number of nitrogens with zero attached hydrogens (tertiary/aromatic N) is 4. The number of hydrogen-bond acceptors (Lipinski definition) is 5. The van der Waals surface area contributed by atoms with E-state index in [1.807, 2.05) is 0 Å². The number of nitrogen functional groups attached to an aromatic ring is 1. The molecule has 2 aromatic heterocycles. The van der Waals surface area contributed by atoms with Crippen molar-refractivity contribution in [1.82, 2.24) is 9.97 Å². The lowest BCUT2D eigenvalue weighted by Gasteiger charge is -2.09. The SMILES string of the molecule is Nc1ncnc2c1[n+]([O-])c1ccccc1[n+]2[O-]. The van der Waals surface area contributed by atoms with Gasteiger partial charge in [-0.3, -0.25) is 0 Å². The van der Waals surface area contributed by atoms with Crippen LogP contribution in [0.5, 0.6) is 0 Å². The maximum absolute atomic E-state index is 12.1. The highest BCUT2D eigenvalue weighted by molar-refractivity contribution is 5.80. The van der Waals surface area contributed by atoms with Gasteiger partial charge in [-0.05, 0) is 11.1 Å². The summed E-state index contributed by atoms with van der Waals surface area (Å²) in [6.45, 7) is 0. The van der Waals surface area contributed by atoms with Crippen LogP contribution in [0, 0.1) is 10.4 Å². The molecule has 17 heavy (non-hydrogen) atoms. The van der Waals surface area contributed by atoms with Crippen LogP contribution in [0.25, 0.3) is 22.2 Å². The van der Waals surface area contributed by atoms with Crippen molar-refractivity contribution < 1.29 is 9.46 Å². The van der Waals surface area contributed by atoms with E-state index in [1.165, 1.54) is 0 Å². The van der Waals surface area contributed by atoms with Crippen LogP contribution >= 0.6 is 0 Å². The summed E-state index contributed by atoms with van der Waals surface area (Å²) in [5.74, 6) is -0.0136. The molecular formula is C10H7N5O2. The molecule has 3 rings (SSSR count). The van der Waals surface area contributed by atoms with Crippen molar-refractivity contribution in [3.63, 3.8) is 0 Å². The molecule has 0 bridgehead atoms. The quantitative estimate of drug-likeness (QED) is 0.321. The molecule has 3 aromatic rings. The Morgan fingerprint density at radius 2 is 1.65 bits per heavy atom. The molecule has 2 heterocycles. The molecular weight excluding hydrogens is 222 g/mol. The average Bonchev–Trinajstić information content (AvgIpc) is 2.36. The van der Waals surface area contributed by atoms with Gasteiger partial charge < -0.3 is 16.1 Å². The van der Waals surface area contributed by atoms with Crippen LogP contribution in [0.15, 0.2) is 30.6 Å².